The molecule has 3 aliphatic rings. The van der Waals surface area contributed by atoms with E-state index in [4.69, 9.17) is 9.97 Å². The minimum absolute atomic E-state index is 0.0943. The number of hydrogen-bond acceptors (Lipinski definition) is 7. The molecule has 0 bridgehead atoms. The van der Waals surface area contributed by atoms with E-state index in [2.05, 4.69) is 43.7 Å². The lowest BCUT2D eigenvalue weighted by Gasteiger charge is -2.31. The number of H-pyrrole nitrogens is 1. The number of nitrogens with one attached hydrogen (secondary N) is 3. The van der Waals surface area contributed by atoms with Crippen LogP contribution in [0, 0.1) is 0 Å². The number of rotatable bonds is 6. The Hall–Kier alpha value is -3.14. The minimum Gasteiger partial charge on any atom is -0.351 e. The van der Waals surface area contributed by atoms with Gasteiger partial charge in [0, 0.05) is 36.5 Å². The number of amides is 1. The molecule has 3 fully saturated rings. The second kappa shape index (κ2) is 8.33. The normalized spacial score (nSPS) is 22.2. The zero-order chi connectivity index (χ0) is 22.4. The van der Waals surface area contributed by atoms with Gasteiger partial charge in [0.25, 0.3) is 0 Å². The zero-order valence-corrected chi connectivity index (χ0v) is 19.0. The van der Waals surface area contributed by atoms with E-state index in [1.165, 1.54) is 18.5 Å². The van der Waals surface area contributed by atoms with Gasteiger partial charge in [-0.05, 0) is 70.8 Å². The van der Waals surface area contributed by atoms with E-state index in [-0.39, 0.29) is 18.0 Å². The molecule has 1 atom stereocenters. The van der Waals surface area contributed by atoms with Gasteiger partial charge in [0.05, 0.1) is 0 Å². The number of aromatic amines is 1. The van der Waals surface area contributed by atoms with E-state index >= 15 is 0 Å². The predicted molar refractivity (Wildman–Crippen MR) is 126 cm³/mol. The summed E-state index contributed by atoms with van der Waals surface area (Å²) in [5, 5.41) is 14.2. The second-order valence-corrected chi connectivity index (χ2v) is 9.63. The molecule has 10 nitrogen and oxygen atoms in total. The lowest BCUT2D eigenvalue weighted by atomic mass is 10.0. The first kappa shape index (κ1) is 20.5. The molecule has 3 N–H and O–H groups in total. The van der Waals surface area contributed by atoms with Crippen molar-refractivity contribution in [2.45, 2.75) is 56.5 Å². The molecule has 5 heterocycles. The maximum Gasteiger partial charge on any atom is 0.243 e. The van der Waals surface area contributed by atoms with Crippen LogP contribution in [0.4, 0.5) is 17.7 Å². The number of anilines is 3. The maximum atomic E-state index is 13.2. The lowest BCUT2D eigenvalue weighted by molar-refractivity contribution is -0.123. The van der Waals surface area contributed by atoms with Gasteiger partial charge in [0.1, 0.15) is 11.7 Å². The number of carbonyl (C=O) groups excluding carboxylic acids is 1. The molecule has 2 aliphatic heterocycles. The van der Waals surface area contributed by atoms with Gasteiger partial charge in [0.2, 0.25) is 17.8 Å². The van der Waals surface area contributed by atoms with Crippen molar-refractivity contribution in [3.63, 3.8) is 0 Å². The SMILES string of the molecule is CN1CCC(NC(=O)[C@@H]2CCCN2c2nc(Nc3cc(C4CC4)[nH]n3)n3cccc3n2)CC1. The van der Waals surface area contributed by atoms with Crippen molar-refractivity contribution in [3.05, 3.63) is 30.1 Å². The smallest absolute Gasteiger partial charge is 0.243 e. The Morgan fingerprint density at radius 1 is 1.12 bits per heavy atom. The van der Waals surface area contributed by atoms with Crippen LogP contribution in [-0.4, -0.2) is 74.1 Å². The van der Waals surface area contributed by atoms with Gasteiger partial charge in [-0.1, -0.05) is 0 Å². The van der Waals surface area contributed by atoms with Crippen LogP contribution in [-0.2, 0) is 4.79 Å². The third kappa shape index (κ3) is 4.15. The highest BCUT2D eigenvalue weighted by Crippen LogP contribution is 2.39. The summed E-state index contributed by atoms with van der Waals surface area (Å²) in [6.07, 6.45) is 8.15. The van der Waals surface area contributed by atoms with Gasteiger partial charge in [-0.2, -0.15) is 15.1 Å². The first-order valence-corrected chi connectivity index (χ1v) is 12.1. The van der Waals surface area contributed by atoms with Crippen molar-refractivity contribution in [1.82, 2.24) is 34.8 Å². The first-order valence-electron chi connectivity index (χ1n) is 12.1. The van der Waals surface area contributed by atoms with Gasteiger partial charge in [-0.15, -0.1) is 0 Å². The summed E-state index contributed by atoms with van der Waals surface area (Å²) in [5.41, 5.74) is 1.96. The summed E-state index contributed by atoms with van der Waals surface area (Å²) < 4.78 is 1.92. The molecule has 10 heteroatoms. The zero-order valence-electron chi connectivity index (χ0n) is 19.0. The summed E-state index contributed by atoms with van der Waals surface area (Å²) in [4.78, 5) is 27.2. The lowest BCUT2D eigenvalue weighted by Crippen LogP contribution is -2.50. The fourth-order valence-corrected chi connectivity index (χ4v) is 4.98. The molecule has 33 heavy (non-hydrogen) atoms. The molecule has 6 rings (SSSR count). The van der Waals surface area contributed by atoms with Crippen LogP contribution in [0.15, 0.2) is 24.4 Å². The first-order chi connectivity index (χ1) is 16.1. The maximum absolute atomic E-state index is 13.2. The van der Waals surface area contributed by atoms with Crippen molar-refractivity contribution in [1.29, 1.82) is 0 Å². The van der Waals surface area contributed by atoms with Crippen molar-refractivity contribution >= 4 is 29.3 Å². The molecular formula is C23H31N9O. The number of hydrogen-bond donors (Lipinski definition) is 3. The summed E-state index contributed by atoms with van der Waals surface area (Å²) in [6.45, 7) is 2.83. The summed E-state index contributed by atoms with van der Waals surface area (Å²) >= 11 is 0. The third-order valence-electron chi connectivity index (χ3n) is 7.11. The Kier molecular flexibility index (Phi) is 5.17. The highest BCUT2D eigenvalue weighted by Gasteiger charge is 2.34. The molecule has 174 valence electrons. The number of nitrogens with zero attached hydrogens (tertiary/aromatic N) is 6. The van der Waals surface area contributed by atoms with Crippen LogP contribution in [0.3, 0.4) is 0 Å². The third-order valence-corrected chi connectivity index (χ3v) is 7.11. The predicted octanol–water partition coefficient (Wildman–Crippen LogP) is 2.25. The van der Waals surface area contributed by atoms with Crippen LogP contribution in [0.1, 0.15) is 50.1 Å². The van der Waals surface area contributed by atoms with Crippen LogP contribution >= 0.6 is 0 Å². The van der Waals surface area contributed by atoms with Gasteiger partial charge < -0.3 is 20.4 Å². The second-order valence-electron chi connectivity index (χ2n) is 9.63. The standard InChI is InChI=1S/C23H31N9O/c1-30-12-8-16(9-13-30)24-21(33)18-4-2-10-31(18)23-26-20-5-3-11-32(20)22(27-23)25-19-14-17(28-29-19)15-6-7-15/h3,5,11,14-16,18H,2,4,6-10,12-13H2,1H3,(H,24,33)(H2,25,26,27,28,29)/t18-/m0/s1. The number of likely N-dealkylation sites (tertiary alicyclic amines) is 1. The molecule has 1 saturated carbocycles. The number of aromatic nitrogens is 5. The quantitative estimate of drug-likeness (QED) is 0.530. The van der Waals surface area contributed by atoms with Crippen molar-refractivity contribution in [3.8, 4) is 0 Å². The average Bonchev–Trinajstić information content (AvgIpc) is 3.20. The molecule has 1 amide bonds. The average molecular weight is 450 g/mol. The van der Waals surface area contributed by atoms with Crippen molar-refractivity contribution < 1.29 is 4.79 Å². The monoisotopic (exact) mass is 449 g/mol. The molecule has 2 saturated heterocycles. The largest absolute Gasteiger partial charge is 0.351 e. The Labute approximate surface area is 192 Å². The molecule has 0 aromatic carbocycles. The van der Waals surface area contributed by atoms with E-state index in [9.17, 15) is 4.79 Å². The summed E-state index contributed by atoms with van der Waals surface area (Å²) in [5.74, 6) is 2.68. The number of fused-ring (bicyclic) bond motifs is 1. The number of piperidine rings is 1. The van der Waals surface area contributed by atoms with Crippen molar-refractivity contribution in [2.75, 3.05) is 36.9 Å². The highest BCUT2D eigenvalue weighted by molar-refractivity contribution is 5.85. The van der Waals surface area contributed by atoms with E-state index in [0.29, 0.717) is 17.8 Å². The van der Waals surface area contributed by atoms with Crippen molar-refractivity contribution in [2.24, 2.45) is 0 Å². The minimum atomic E-state index is -0.234. The summed E-state index contributed by atoms with van der Waals surface area (Å²) in [7, 11) is 2.13. The Bertz CT molecular complexity index is 1140. The Morgan fingerprint density at radius 2 is 1.97 bits per heavy atom. The van der Waals surface area contributed by atoms with Gasteiger partial charge in [-0.25, -0.2) is 0 Å². The van der Waals surface area contributed by atoms with E-state index in [1.54, 1.807) is 0 Å². The Morgan fingerprint density at radius 3 is 2.79 bits per heavy atom. The fourth-order valence-electron chi connectivity index (χ4n) is 4.98. The topological polar surface area (TPSA) is 106 Å². The van der Waals surface area contributed by atoms with Crippen LogP contribution in [0.5, 0.6) is 0 Å². The van der Waals surface area contributed by atoms with Crippen LogP contribution < -0.4 is 15.5 Å². The molecule has 0 radical (unpaired) electrons. The molecule has 3 aromatic heterocycles. The molecular weight excluding hydrogens is 418 g/mol. The number of carbonyl (C=O) groups is 1. The summed E-state index contributed by atoms with van der Waals surface area (Å²) in [6, 6.07) is 5.99. The fraction of sp³-hybridized carbons (Fsp3) is 0.565. The highest BCUT2D eigenvalue weighted by atomic mass is 16.2. The van der Waals surface area contributed by atoms with Crippen LogP contribution in [0.25, 0.3) is 5.65 Å². The Balaban J connectivity index is 1.23. The van der Waals surface area contributed by atoms with E-state index in [1.807, 2.05) is 22.7 Å². The van der Waals surface area contributed by atoms with E-state index in [0.717, 1.165) is 56.8 Å². The van der Waals surface area contributed by atoms with Gasteiger partial charge in [-0.3, -0.25) is 14.3 Å². The van der Waals surface area contributed by atoms with Gasteiger partial charge >= 0.3 is 0 Å². The van der Waals surface area contributed by atoms with E-state index < -0.39 is 0 Å². The molecule has 1 aliphatic carbocycles. The molecule has 3 aromatic rings. The van der Waals surface area contributed by atoms with Gasteiger partial charge in [0.15, 0.2) is 5.82 Å². The molecule has 0 unspecified atom stereocenters. The molecule has 0 spiro atoms. The van der Waals surface area contributed by atoms with Crippen LogP contribution in [0.2, 0.25) is 0 Å².